The van der Waals surface area contributed by atoms with Gasteiger partial charge in [0, 0.05) is 19.6 Å². The van der Waals surface area contributed by atoms with Crippen LogP contribution in [0.15, 0.2) is 12.2 Å². The molecule has 1 spiro atoms. The molecule has 0 unspecified atom stereocenters. The molecule has 0 saturated carbocycles. The van der Waals surface area contributed by atoms with E-state index in [4.69, 9.17) is 9.47 Å². The molecule has 7 heteroatoms. The van der Waals surface area contributed by atoms with E-state index in [-0.39, 0.29) is 0 Å². The smallest absolute Gasteiger partial charge is 0.338 e. The van der Waals surface area contributed by atoms with Crippen molar-refractivity contribution in [3.05, 3.63) is 12.2 Å². The van der Waals surface area contributed by atoms with Gasteiger partial charge in [0.15, 0.2) is 0 Å². The summed E-state index contributed by atoms with van der Waals surface area (Å²) in [6.07, 6.45) is 3.20. The van der Waals surface area contributed by atoms with Gasteiger partial charge in [0.1, 0.15) is 5.92 Å². The maximum atomic E-state index is 12.2. The maximum Gasteiger partial charge on any atom is 0.338 e. The first-order valence-corrected chi connectivity index (χ1v) is 6.67. The number of hydrogen-bond donors (Lipinski definition) is 0. The van der Waals surface area contributed by atoms with E-state index >= 15 is 0 Å². The molecule has 6 nitrogen and oxygen atoms in total. The number of cyclic esters (lactones) is 2. The Balaban J connectivity index is 2.44. The van der Waals surface area contributed by atoms with Crippen LogP contribution in [0, 0.1) is 5.92 Å². The Morgan fingerprint density at radius 2 is 1.95 bits per heavy atom. The van der Waals surface area contributed by atoms with E-state index in [1.807, 2.05) is 0 Å². The van der Waals surface area contributed by atoms with Gasteiger partial charge >= 0.3 is 17.9 Å². The van der Waals surface area contributed by atoms with Crippen LogP contribution in [0.25, 0.3) is 0 Å². The van der Waals surface area contributed by atoms with E-state index in [0.717, 1.165) is 11.8 Å². The van der Waals surface area contributed by atoms with Crippen molar-refractivity contribution in [1.82, 2.24) is 0 Å². The summed E-state index contributed by atoms with van der Waals surface area (Å²) in [5, 5.41) is 0. The molecule has 0 aromatic carbocycles. The number of hydrogen-bond acceptors (Lipinski definition) is 7. The third-order valence-electron chi connectivity index (χ3n) is 2.91. The van der Waals surface area contributed by atoms with E-state index in [1.165, 1.54) is 27.0 Å². The molecule has 0 amide bonds. The van der Waals surface area contributed by atoms with Crippen LogP contribution >= 0.6 is 11.8 Å². The van der Waals surface area contributed by atoms with Crippen molar-refractivity contribution >= 4 is 29.7 Å². The second-order valence-electron chi connectivity index (χ2n) is 4.65. The van der Waals surface area contributed by atoms with Crippen molar-refractivity contribution in [1.29, 1.82) is 0 Å². The highest BCUT2D eigenvalue weighted by molar-refractivity contribution is 8.02. The van der Waals surface area contributed by atoms with E-state index in [2.05, 4.69) is 4.74 Å². The highest BCUT2D eigenvalue weighted by Gasteiger charge is 2.63. The molecule has 0 aromatic rings. The van der Waals surface area contributed by atoms with Crippen LogP contribution in [0.1, 0.15) is 13.8 Å². The molecule has 2 rings (SSSR count). The van der Waals surface area contributed by atoms with Gasteiger partial charge in [-0.3, -0.25) is 4.79 Å². The van der Waals surface area contributed by atoms with Gasteiger partial charge < -0.3 is 14.2 Å². The maximum absolute atomic E-state index is 12.2. The lowest BCUT2D eigenvalue weighted by atomic mass is 9.89. The summed E-state index contributed by atoms with van der Waals surface area (Å²) >= 11 is 1.02. The Kier molecular flexibility index (Phi) is 3.34. The highest BCUT2D eigenvalue weighted by Crippen LogP contribution is 2.44. The monoisotopic (exact) mass is 286 g/mol. The van der Waals surface area contributed by atoms with Crippen molar-refractivity contribution in [2.45, 2.75) is 24.4 Å². The molecule has 2 heterocycles. The van der Waals surface area contributed by atoms with Crippen molar-refractivity contribution in [2.75, 3.05) is 12.9 Å². The molecule has 19 heavy (non-hydrogen) atoms. The molecule has 0 aliphatic carbocycles. The average Bonchev–Trinajstić information content (AvgIpc) is 2.34. The van der Waals surface area contributed by atoms with Crippen molar-refractivity contribution in [2.24, 2.45) is 5.92 Å². The van der Waals surface area contributed by atoms with Gasteiger partial charge in [-0.2, -0.15) is 0 Å². The Morgan fingerprint density at radius 3 is 2.47 bits per heavy atom. The Hall–Kier alpha value is -1.50. The number of thioether (sulfide) groups is 1. The summed E-state index contributed by atoms with van der Waals surface area (Å²) in [5.41, 5.74) is 0. The first-order valence-electron chi connectivity index (χ1n) is 5.69. The predicted molar refractivity (Wildman–Crippen MR) is 66.1 cm³/mol. The zero-order valence-corrected chi connectivity index (χ0v) is 11.6. The van der Waals surface area contributed by atoms with Gasteiger partial charge in [0.2, 0.25) is 4.75 Å². The second-order valence-corrected chi connectivity index (χ2v) is 5.92. The third-order valence-corrected chi connectivity index (χ3v) is 4.31. The second kappa shape index (κ2) is 4.56. The topological polar surface area (TPSA) is 78.9 Å². The van der Waals surface area contributed by atoms with Crippen LogP contribution in [-0.4, -0.2) is 41.3 Å². The molecule has 0 radical (unpaired) electrons. The number of rotatable bonds is 1. The summed E-state index contributed by atoms with van der Waals surface area (Å²) in [7, 11) is 1.20. The van der Waals surface area contributed by atoms with Gasteiger partial charge in [0.25, 0.3) is 5.79 Å². The summed E-state index contributed by atoms with van der Waals surface area (Å²) in [4.78, 5) is 36.3. The molecular formula is C12H14O6S. The first kappa shape index (κ1) is 13.9. The zero-order valence-electron chi connectivity index (χ0n) is 10.8. The standard InChI is InChI=1S/C12H14O6S/c1-11(2)17-9(14)12(10(15)18-11)7(8(13)16-3)5-4-6-19-12/h4-5,7H,6H2,1-3H3/t7-/m0/s1. The third kappa shape index (κ3) is 2.11. The van der Waals surface area contributed by atoms with E-state index in [0.29, 0.717) is 5.75 Å². The van der Waals surface area contributed by atoms with Crippen molar-refractivity contribution in [3.63, 3.8) is 0 Å². The fraction of sp³-hybridized carbons (Fsp3) is 0.583. The number of carbonyl (C=O) groups excluding carboxylic acids is 3. The predicted octanol–water partition coefficient (Wildman–Crippen LogP) is 0.653. The lowest BCUT2D eigenvalue weighted by molar-refractivity contribution is -0.238. The SMILES string of the molecule is COC(=O)[C@@H]1C=CCSC12C(=O)OC(C)(C)OC2=O. The Bertz CT molecular complexity index is 447. The van der Waals surface area contributed by atoms with Crippen molar-refractivity contribution < 1.29 is 28.6 Å². The van der Waals surface area contributed by atoms with Crippen molar-refractivity contribution in [3.8, 4) is 0 Å². The van der Waals surface area contributed by atoms with E-state index < -0.39 is 34.4 Å². The summed E-state index contributed by atoms with van der Waals surface area (Å²) in [6.45, 7) is 2.93. The lowest BCUT2D eigenvalue weighted by Gasteiger charge is -2.42. The first-order chi connectivity index (χ1) is 8.83. The van der Waals surface area contributed by atoms with Gasteiger partial charge in [-0.1, -0.05) is 12.2 Å². The molecular weight excluding hydrogens is 272 g/mol. The molecule has 0 bridgehead atoms. The molecule has 104 valence electrons. The largest absolute Gasteiger partial charge is 0.469 e. The van der Waals surface area contributed by atoms with Crippen LogP contribution in [0.4, 0.5) is 0 Å². The number of esters is 3. The average molecular weight is 286 g/mol. The molecule has 2 aliphatic rings. The molecule has 1 saturated heterocycles. The van der Waals surface area contributed by atoms with E-state index in [1.54, 1.807) is 6.08 Å². The minimum Gasteiger partial charge on any atom is -0.469 e. The van der Waals surface area contributed by atoms with Crippen LogP contribution in [-0.2, 0) is 28.6 Å². The summed E-state index contributed by atoms with van der Waals surface area (Å²) in [6, 6.07) is 0. The molecule has 1 atom stereocenters. The highest BCUT2D eigenvalue weighted by atomic mass is 32.2. The summed E-state index contributed by atoms with van der Waals surface area (Å²) in [5.74, 6) is -4.14. The minimum atomic E-state index is -1.70. The molecule has 1 fully saturated rings. The number of carbonyl (C=O) groups is 3. The zero-order chi connectivity index (χ0) is 14.3. The van der Waals surface area contributed by atoms with Crippen LogP contribution < -0.4 is 0 Å². The fourth-order valence-corrected chi connectivity index (χ4v) is 3.19. The van der Waals surface area contributed by atoms with Crippen LogP contribution in [0.3, 0.4) is 0 Å². The van der Waals surface area contributed by atoms with E-state index in [9.17, 15) is 14.4 Å². The van der Waals surface area contributed by atoms with Crippen LogP contribution in [0.2, 0.25) is 0 Å². The van der Waals surface area contributed by atoms with Crippen LogP contribution in [0.5, 0.6) is 0 Å². The molecule has 0 aromatic heterocycles. The minimum absolute atomic E-state index is 0.415. The van der Waals surface area contributed by atoms with Gasteiger partial charge in [0.05, 0.1) is 7.11 Å². The van der Waals surface area contributed by atoms with Gasteiger partial charge in [-0.25, -0.2) is 9.59 Å². The molecule has 0 N–H and O–H groups in total. The van der Waals surface area contributed by atoms with Gasteiger partial charge in [-0.15, -0.1) is 11.8 Å². The number of methoxy groups -OCH3 is 1. The quantitative estimate of drug-likeness (QED) is 0.398. The lowest BCUT2D eigenvalue weighted by Crippen LogP contribution is -2.62. The Morgan fingerprint density at radius 1 is 1.37 bits per heavy atom. The normalized spacial score (nSPS) is 27.6. The van der Waals surface area contributed by atoms with Gasteiger partial charge in [-0.05, 0) is 0 Å². The Labute approximate surface area is 114 Å². The fourth-order valence-electron chi connectivity index (χ4n) is 2.04. The number of ether oxygens (including phenoxy) is 3. The molecule has 2 aliphatic heterocycles. The summed E-state index contributed by atoms with van der Waals surface area (Å²) < 4.78 is 13.2.